The minimum Gasteiger partial charge on any atom is -0.486 e. The third-order valence-electron chi connectivity index (χ3n) is 3.53. The number of carboxylic acid groups (broad SMARTS) is 1. The lowest BCUT2D eigenvalue weighted by molar-refractivity contribution is -0.141. The molecule has 2 N–H and O–H groups in total. The highest BCUT2D eigenvalue weighted by atomic mass is 19.1. The molecule has 0 radical (unpaired) electrons. The van der Waals surface area contributed by atoms with Gasteiger partial charge in [0.15, 0.2) is 17.3 Å². The lowest BCUT2D eigenvalue weighted by Gasteiger charge is -2.23. The van der Waals surface area contributed by atoms with E-state index in [0.717, 1.165) is 5.56 Å². The van der Waals surface area contributed by atoms with Gasteiger partial charge in [0.05, 0.1) is 5.92 Å². The molecule has 0 spiro atoms. The third-order valence-corrected chi connectivity index (χ3v) is 3.53. The minimum absolute atomic E-state index is 0.129. The summed E-state index contributed by atoms with van der Waals surface area (Å²) >= 11 is 0. The molecule has 0 saturated carbocycles. The van der Waals surface area contributed by atoms with Gasteiger partial charge in [-0.05, 0) is 12.5 Å². The van der Waals surface area contributed by atoms with E-state index in [4.69, 9.17) is 14.6 Å². The number of nitrogens with one attached hydrogen (secondary N) is 1. The first-order chi connectivity index (χ1) is 9.16. The molecule has 2 atom stereocenters. The van der Waals surface area contributed by atoms with E-state index in [1.54, 1.807) is 6.07 Å². The molecule has 0 bridgehead atoms. The fourth-order valence-electron chi connectivity index (χ4n) is 2.56. The van der Waals surface area contributed by atoms with Crippen LogP contribution in [0.15, 0.2) is 12.1 Å². The highest BCUT2D eigenvalue weighted by Gasteiger charge is 2.33. The molecule has 0 aliphatic carbocycles. The van der Waals surface area contributed by atoms with Crippen molar-refractivity contribution in [2.75, 3.05) is 19.8 Å². The molecular weight excluding hydrogens is 253 g/mol. The Labute approximate surface area is 109 Å². The van der Waals surface area contributed by atoms with Crippen molar-refractivity contribution in [3.63, 3.8) is 0 Å². The lowest BCUT2D eigenvalue weighted by atomic mass is 9.98. The van der Waals surface area contributed by atoms with E-state index in [2.05, 4.69) is 5.32 Å². The SMILES string of the molecule is O=C(O)C1CNC(c2ccc(F)c3c2OCCO3)C1. The Hall–Kier alpha value is -1.82. The molecule has 2 aliphatic rings. The normalized spacial score (nSPS) is 25.3. The molecule has 2 unspecified atom stereocenters. The number of hydrogen-bond acceptors (Lipinski definition) is 4. The van der Waals surface area contributed by atoms with Gasteiger partial charge >= 0.3 is 5.97 Å². The van der Waals surface area contributed by atoms with Gasteiger partial charge in [0.25, 0.3) is 0 Å². The van der Waals surface area contributed by atoms with Crippen LogP contribution in [0, 0.1) is 11.7 Å². The van der Waals surface area contributed by atoms with E-state index >= 15 is 0 Å². The Morgan fingerprint density at radius 3 is 2.74 bits per heavy atom. The number of hydrogen-bond donors (Lipinski definition) is 2. The standard InChI is InChI=1S/C13H14FNO4/c14-9-2-1-8(11-12(9)19-4-3-18-11)10-5-7(6-15-10)13(16)17/h1-2,7,10,15H,3-6H2,(H,16,17). The molecule has 0 aromatic heterocycles. The first kappa shape index (κ1) is 12.2. The fourth-order valence-corrected chi connectivity index (χ4v) is 2.56. The maximum Gasteiger partial charge on any atom is 0.307 e. The summed E-state index contributed by atoms with van der Waals surface area (Å²) in [4.78, 5) is 11.0. The van der Waals surface area contributed by atoms with Crippen LogP contribution in [0.25, 0.3) is 0 Å². The second-order valence-electron chi connectivity index (χ2n) is 4.72. The van der Waals surface area contributed by atoms with Gasteiger partial charge in [-0.25, -0.2) is 4.39 Å². The molecule has 0 amide bonds. The number of fused-ring (bicyclic) bond motifs is 1. The average molecular weight is 267 g/mol. The van der Waals surface area contributed by atoms with Crippen LogP contribution in [0.1, 0.15) is 18.0 Å². The highest BCUT2D eigenvalue weighted by Crippen LogP contribution is 2.42. The molecule has 1 fully saturated rings. The smallest absolute Gasteiger partial charge is 0.307 e. The fraction of sp³-hybridized carbons (Fsp3) is 0.462. The van der Waals surface area contributed by atoms with Crippen molar-refractivity contribution in [1.82, 2.24) is 5.32 Å². The zero-order chi connectivity index (χ0) is 13.4. The number of carboxylic acids is 1. The van der Waals surface area contributed by atoms with Gasteiger partial charge in [-0.1, -0.05) is 6.07 Å². The van der Waals surface area contributed by atoms with Crippen LogP contribution in [0.2, 0.25) is 0 Å². The zero-order valence-corrected chi connectivity index (χ0v) is 10.2. The van der Waals surface area contributed by atoms with E-state index in [0.29, 0.717) is 31.9 Å². The molecule has 1 aromatic carbocycles. The van der Waals surface area contributed by atoms with Gasteiger partial charge in [0.2, 0.25) is 0 Å². The predicted molar refractivity (Wildman–Crippen MR) is 63.9 cm³/mol. The van der Waals surface area contributed by atoms with E-state index < -0.39 is 17.7 Å². The van der Waals surface area contributed by atoms with Crippen LogP contribution in [-0.4, -0.2) is 30.8 Å². The van der Waals surface area contributed by atoms with Gasteiger partial charge in [0.1, 0.15) is 13.2 Å². The van der Waals surface area contributed by atoms with E-state index in [1.807, 2.05) is 0 Å². The number of carbonyl (C=O) groups is 1. The molecule has 1 aromatic rings. The maximum atomic E-state index is 13.6. The van der Waals surface area contributed by atoms with Crippen molar-refractivity contribution in [2.45, 2.75) is 12.5 Å². The Morgan fingerprint density at radius 2 is 2.05 bits per heavy atom. The molecule has 5 nitrogen and oxygen atoms in total. The maximum absolute atomic E-state index is 13.6. The Balaban J connectivity index is 1.92. The molecule has 102 valence electrons. The predicted octanol–water partition coefficient (Wildman–Crippen LogP) is 1.33. The molecule has 2 aliphatic heterocycles. The second kappa shape index (κ2) is 4.70. The summed E-state index contributed by atoms with van der Waals surface area (Å²) < 4.78 is 24.4. The van der Waals surface area contributed by atoms with E-state index in [-0.39, 0.29) is 11.8 Å². The topological polar surface area (TPSA) is 67.8 Å². The van der Waals surface area contributed by atoms with E-state index in [9.17, 15) is 9.18 Å². The van der Waals surface area contributed by atoms with Gasteiger partial charge in [0, 0.05) is 18.2 Å². The lowest BCUT2D eigenvalue weighted by Crippen LogP contribution is -2.21. The summed E-state index contributed by atoms with van der Waals surface area (Å²) in [6.45, 7) is 1.11. The van der Waals surface area contributed by atoms with Crippen molar-refractivity contribution < 1.29 is 23.8 Å². The number of benzene rings is 1. The molecule has 19 heavy (non-hydrogen) atoms. The zero-order valence-electron chi connectivity index (χ0n) is 10.2. The van der Waals surface area contributed by atoms with Crippen LogP contribution in [0.4, 0.5) is 4.39 Å². The van der Waals surface area contributed by atoms with Crippen molar-refractivity contribution in [3.8, 4) is 11.5 Å². The molecule has 6 heteroatoms. The number of rotatable bonds is 2. The van der Waals surface area contributed by atoms with Gasteiger partial charge in [-0.2, -0.15) is 0 Å². The third kappa shape index (κ3) is 2.12. The Morgan fingerprint density at radius 1 is 1.32 bits per heavy atom. The summed E-state index contributed by atoms with van der Waals surface area (Å²) in [5.74, 6) is -1.16. The highest BCUT2D eigenvalue weighted by molar-refractivity contribution is 5.71. The minimum atomic E-state index is -0.817. The first-order valence-electron chi connectivity index (χ1n) is 6.21. The largest absolute Gasteiger partial charge is 0.486 e. The van der Waals surface area contributed by atoms with Gasteiger partial charge < -0.3 is 19.9 Å². The van der Waals surface area contributed by atoms with Crippen LogP contribution >= 0.6 is 0 Å². The number of aliphatic carboxylic acids is 1. The first-order valence-corrected chi connectivity index (χ1v) is 6.21. The van der Waals surface area contributed by atoms with Crippen molar-refractivity contribution >= 4 is 5.97 Å². The van der Waals surface area contributed by atoms with Crippen LogP contribution in [0.3, 0.4) is 0 Å². The van der Waals surface area contributed by atoms with Crippen LogP contribution < -0.4 is 14.8 Å². The monoisotopic (exact) mass is 267 g/mol. The summed E-state index contributed by atoms with van der Waals surface area (Å²) in [7, 11) is 0. The molecule has 1 saturated heterocycles. The van der Waals surface area contributed by atoms with E-state index in [1.165, 1.54) is 6.07 Å². The Kier molecular flexibility index (Phi) is 3.02. The van der Waals surface area contributed by atoms with Crippen molar-refractivity contribution in [3.05, 3.63) is 23.5 Å². The van der Waals surface area contributed by atoms with Crippen molar-refractivity contribution in [2.24, 2.45) is 5.92 Å². The van der Waals surface area contributed by atoms with Crippen LogP contribution in [-0.2, 0) is 4.79 Å². The second-order valence-corrected chi connectivity index (χ2v) is 4.72. The average Bonchev–Trinajstić information content (AvgIpc) is 2.89. The number of halogens is 1. The van der Waals surface area contributed by atoms with Gasteiger partial charge in [-0.3, -0.25) is 4.79 Å². The quantitative estimate of drug-likeness (QED) is 0.846. The summed E-state index contributed by atoms with van der Waals surface area (Å²) in [6.07, 6.45) is 0.469. The van der Waals surface area contributed by atoms with Crippen molar-refractivity contribution in [1.29, 1.82) is 0 Å². The summed E-state index contributed by atoms with van der Waals surface area (Å²) in [6, 6.07) is 2.82. The summed E-state index contributed by atoms with van der Waals surface area (Å²) in [5.41, 5.74) is 0.764. The molecular formula is C13H14FNO4. The Bertz CT molecular complexity index is 520. The number of ether oxygens (including phenoxy) is 2. The van der Waals surface area contributed by atoms with Gasteiger partial charge in [-0.15, -0.1) is 0 Å². The van der Waals surface area contributed by atoms with Crippen LogP contribution in [0.5, 0.6) is 11.5 Å². The molecule has 2 heterocycles. The summed E-state index contributed by atoms with van der Waals surface area (Å²) in [5, 5.41) is 12.1. The molecule has 3 rings (SSSR count).